The Labute approximate surface area is 248 Å². The number of benzene rings is 1. The Morgan fingerprint density at radius 1 is 1.14 bits per heavy atom. The Kier molecular flexibility index (Phi) is 5.95. The summed E-state index contributed by atoms with van der Waals surface area (Å²) in [7, 11) is 0. The van der Waals surface area contributed by atoms with Crippen molar-refractivity contribution in [1.29, 1.82) is 0 Å². The molecule has 0 spiro atoms. The number of aromatic nitrogens is 2. The molecule has 1 N–H and O–H groups in total. The van der Waals surface area contributed by atoms with Crippen LogP contribution in [0.2, 0.25) is 0 Å². The normalized spacial score (nSPS) is 39.2. The molecule has 4 aliphatic carbocycles. The van der Waals surface area contributed by atoms with Gasteiger partial charge in [-0.2, -0.15) is 5.10 Å². The maximum absolute atomic E-state index is 14.1. The minimum atomic E-state index is -1.09. The number of aliphatic hydroxyl groups excluding tert-OH is 1. The van der Waals surface area contributed by atoms with Gasteiger partial charge in [-0.3, -0.25) is 9.59 Å². The topological polar surface area (TPSA) is 90.7 Å². The van der Waals surface area contributed by atoms with Crippen molar-refractivity contribution in [2.24, 2.45) is 34.5 Å². The molecule has 8 atom stereocenters. The minimum Gasteiger partial charge on any atom is -0.458 e. The summed E-state index contributed by atoms with van der Waals surface area (Å²) in [6.07, 6.45) is 8.95. The summed E-state index contributed by atoms with van der Waals surface area (Å²) in [6, 6.07) is 10.2. The predicted molar refractivity (Wildman–Crippen MR) is 159 cm³/mol. The summed E-state index contributed by atoms with van der Waals surface area (Å²) in [4.78, 5) is 25.7. The summed E-state index contributed by atoms with van der Waals surface area (Å²) in [5, 5.41) is 17.0. The summed E-state index contributed by atoms with van der Waals surface area (Å²) in [5.41, 5.74) is 3.43. The van der Waals surface area contributed by atoms with Crippen LogP contribution in [0.3, 0.4) is 0 Å². The fraction of sp³-hybridized carbons (Fsp3) is 0.571. The number of fused-ring (bicyclic) bond motifs is 8. The molecule has 222 valence electrons. The molecule has 2 aromatic rings. The van der Waals surface area contributed by atoms with Gasteiger partial charge < -0.3 is 14.6 Å². The Balaban J connectivity index is 1.31. The molecule has 7 nitrogen and oxygen atoms in total. The lowest BCUT2D eigenvalue weighted by molar-refractivity contribution is -0.203. The fourth-order valence-electron chi connectivity index (χ4n) is 10.4. The predicted octanol–water partition coefficient (Wildman–Crippen LogP) is 5.49. The number of hydrogen-bond donors (Lipinski definition) is 1. The van der Waals surface area contributed by atoms with E-state index in [1.54, 1.807) is 0 Å². The van der Waals surface area contributed by atoms with Crippen LogP contribution in [0, 0.1) is 34.5 Å². The van der Waals surface area contributed by atoms with Crippen LogP contribution >= 0.6 is 0 Å². The molecule has 7 heteroatoms. The minimum absolute atomic E-state index is 0.00575. The maximum Gasteiger partial charge on any atom is 0.303 e. The Hall–Kier alpha value is -3.03. The third kappa shape index (κ3) is 3.62. The summed E-state index contributed by atoms with van der Waals surface area (Å²) < 4.78 is 14.1. The number of ether oxygens (including phenoxy) is 2. The van der Waals surface area contributed by atoms with E-state index in [-0.39, 0.29) is 41.5 Å². The van der Waals surface area contributed by atoms with Crippen molar-refractivity contribution in [3.63, 3.8) is 0 Å². The number of rotatable bonds is 4. The Morgan fingerprint density at radius 2 is 1.88 bits per heavy atom. The number of carbonyl (C=O) groups excluding carboxylic acids is 2. The summed E-state index contributed by atoms with van der Waals surface area (Å²) >= 11 is 0. The highest BCUT2D eigenvalue weighted by Crippen LogP contribution is 2.72. The third-order valence-electron chi connectivity index (χ3n) is 11.6. The molecule has 1 aliphatic heterocycles. The van der Waals surface area contributed by atoms with Crippen molar-refractivity contribution < 1.29 is 24.2 Å². The molecule has 2 heterocycles. The van der Waals surface area contributed by atoms with Crippen LogP contribution in [-0.2, 0) is 25.5 Å². The Morgan fingerprint density at radius 3 is 2.60 bits per heavy atom. The number of Topliss-reactive ketones (excluding diaryl/α,β-unsaturated/α-hetero) is 1. The zero-order chi connectivity index (χ0) is 29.8. The number of hydrogen-bond acceptors (Lipinski definition) is 6. The molecule has 5 aliphatic rings. The molecular weight excluding hydrogens is 528 g/mol. The van der Waals surface area contributed by atoms with E-state index >= 15 is 0 Å². The van der Waals surface area contributed by atoms with Crippen LogP contribution in [0.4, 0.5) is 0 Å². The summed E-state index contributed by atoms with van der Waals surface area (Å²) in [6.45, 7) is 11.8. The van der Waals surface area contributed by atoms with Crippen molar-refractivity contribution in [2.45, 2.75) is 84.5 Å². The Bertz CT molecular complexity index is 1540. The maximum atomic E-state index is 14.1. The van der Waals surface area contributed by atoms with Gasteiger partial charge in [-0.25, -0.2) is 4.68 Å². The zero-order valence-electron chi connectivity index (χ0n) is 25.5. The monoisotopic (exact) mass is 570 g/mol. The van der Waals surface area contributed by atoms with E-state index in [4.69, 9.17) is 14.6 Å². The SMILES string of the molecule is CC(=O)OCC(=O)C12OC(C)(C)CC1CC1C3C=C(C)C4=Cc5c(cnn5-c5ccccc5)CC4(C)C3C(O)CC12C. The lowest BCUT2D eigenvalue weighted by Gasteiger charge is -2.60. The lowest BCUT2D eigenvalue weighted by Crippen LogP contribution is -2.63. The molecule has 0 amide bonds. The zero-order valence-corrected chi connectivity index (χ0v) is 25.5. The van der Waals surface area contributed by atoms with Crippen molar-refractivity contribution in [1.82, 2.24) is 9.78 Å². The van der Waals surface area contributed by atoms with E-state index in [2.05, 4.69) is 45.1 Å². The number of ketones is 1. The van der Waals surface area contributed by atoms with Gasteiger partial charge >= 0.3 is 5.97 Å². The standard InChI is InChI=1S/C35H42N2O5/c1-20-12-25-27-13-23-16-32(3,4)42-35(23,30(40)19-41-21(2)38)34(27,6)17-29(39)31(25)33(5)15-22-18-36-37(28(22)14-26(20)33)24-10-8-7-9-11-24/h7-12,14,18,23,25,27,29,31,39H,13,15-17,19H2,1-6H3. The largest absolute Gasteiger partial charge is 0.458 e. The van der Waals surface area contributed by atoms with Gasteiger partial charge in [-0.1, -0.05) is 43.7 Å². The molecule has 1 saturated heterocycles. The lowest BCUT2D eigenvalue weighted by atomic mass is 9.46. The van der Waals surface area contributed by atoms with E-state index in [9.17, 15) is 14.7 Å². The highest BCUT2D eigenvalue weighted by molar-refractivity contribution is 5.92. The average Bonchev–Trinajstić information content (AvgIpc) is 3.52. The second-order valence-corrected chi connectivity index (χ2v) is 14.6. The first-order valence-electron chi connectivity index (χ1n) is 15.4. The average molecular weight is 571 g/mol. The van der Waals surface area contributed by atoms with Gasteiger partial charge in [0.05, 0.1) is 29.3 Å². The fourth-order valence-corrected chi connectivity index (χ4v) is 10.4. The van der Waals surface area contributed by atoms with Crippen LogP contribution in [0.5, 0.6) is 0 Å². The van der Waals surface area contributed by atoms with Gasteiger partial charge in [0.15, 0.2) is 6.61 Å². The van der Waals surface area contributed by atoms with E-state index in [1.165, 1.54) is 23.6 Å². The molecule has 3 fully saturated rings. The van der Waals surface area contributed by atoms with Gasteiger partial charge in [0.1, 0.15) is 5.60 Å². The third-order valence-corrected chi connectivity index (χ3v) is 11.6. The van der Waals surface area contributed by atoms with Crippen LogP contribution in [0.1, 0.15) is 72.1 Å². The number of para-hydroxylation sites is 1. The first-order valence-corrected chi connectivity index (χ1v) is 15.4. The molecule has 1 aromatic heterocycles. The van der Waals surface area contributed by atoms with Crippen LogP contribution in [-0.4, -0.2) is 50.6 Å². The molecule has 1 aromatic carbocycles. The molecule has 8 unspecified atom stereocenters. The van der Waals surface area contributed by atoms with Gasteiger partial charge in [0, 0.05) is 23.7 Å². The molecular formula is C35H42N2O5. The molecule has 42 heavy (non-hydrogen) atoms. The van der Waals surface area contributed by atoms with Crippen molar-refractivity contribution in [2.75, 3.05) is 6.61 Å². The first-order chi connectivity index (χ1) is 19.8. The van der Waals surface area contributed by atoms with E-state index in [1.807, 2.05) is 42.9 Å². The highest BCUT2D eigenvalue weighted by atomic mass is 16.6. The van der Waals surface area contributed by atoms with Crippen molar-refractivity contribution in [3.8, 4) is 5.69 Å². The first kappa shape index (κ1) is 27.8. The highest BCUT2D eigenvalue weighted by Gasteiger charge is 2.75. The van der Waals surface area contributed by atoms with E-state index in [0.29, 0.717) is 6.42 Å². The van der Waals surface area contributed by atoms with Gasteiger partial charge in [0.25, 0.3) is 0 Å². The van der Waals surface area contributed by atoms with Gasteiger partial charge in [-0.05, 0) is 93.6 Å². The van der Waals surface area contributed by atoms with E-state index in [0.717, 1.165) is 30.6 Å². The van der Waals surface area contributed by atoms with Crippen molar-refractivity contribution in [3.05, 3.63) is 65.0 Å². The molecule has 2 saturated carbocycles. The van der Waals surface area contributed by atoms with Gasteiger partial charge in [-0.15, -0.1) is 0 Å². The smallest absolute Gasteiger partial charge is 0.303 e. The number of esters is 1. The second-order valence-electron chi connectivity index (χ2n) is 14.6. The number of carbonyl (C=O) groups is 2. The quantitative estimate of drug-likeness (QED) is 0.489. The molecule has 0 radical (unpaired) electrons. The number of nitrogens with zero attached hydrogens (tertiary/aromatic N) is 2. The number of aliphatic hydroxyl groups is 1. The molecule has 7 rings (SSSR count). The molecule has 0 bridgehead atoms. The summed E-state index contributed by atoms with van der Waals surface area (Å²) in [5.74, 6) is -0.356. The van der Waals surface area contributed by atoms with Crippen LogP contribution in [0.15, 0.2) is 53.8 Å². The van der Waals surface area contributed by atoms with Gasteiger partial charge in [0.2, 0.25) is 5.78 Å². The van der Waals surface area contributed by atoms with Crippen LogP contribution < -0.4 is 0 Å². The van der Waals surface area contributed by atoms with E-state index < -0.39 is 28.7 Å². The van der Waals surface area contributed by atoms with Crippen LogP contribution in [0.25, 0.3) is 11.8 Å². The second kappa shape index (κ2) is 8.99. The van der Waals surface area contributed by atoms with Crippen molar-refractivity contribution >= 4 is 17.8 Å². The number of allylic oxidation sites excluding steroid dienone is 3.